The molecule has 1 saturated carbocycles. The van der Waals surface area contributed by atoms with Gasteiger partial charge in [0.25, 0.3) is 0 Å². The Morgan fingerprint density at radius 3 is 2.31 bits per heavy atom. The SMILES string of the molecule is CC1CCCCN1C1(CN)CCCCCC1. The van der Waals surface area contributed by atoms with Gasteiger partial charge in [-0.3, -0.25) is 4.90 Å². The van der Waals surface area contributed by atoms with Gasteiger partial charge in [-0.15, -0.1) is 0 Å². The first-order chi connectivity index (χ1) is 7.78. The lowest BCUT2D eigenvalue weighted by atomic mass is 9.84. The fraction of sp³-hybridized carbons (Fsp3) is 1.00. The van der Waals surface area contributed by atoms with Crippen LogP contribution in [0.25, 0.3) is 0 Å². The maximum absolute atomic E-state index is 6.16. The molecule has 2 fully saturated rings. The van der Waals surface area contributed by atoms with Crippen molar-refractivity contribution in [2.45, 2.75) is 76.3 Å². The first-order valence-corrected chi connectivity index (χ1v) is 7.25. The zero-order valence-corrected chi connectivity index (χ0v) is 10.9. The highest BCUT2D eigenvalue weighted by molar-refractivity contribution is 4.96. The average Bonchev–Trinajstić information content (AvgIpc) is 2.56. The maximum Gasteiger partial charge on any atom is 0.0334 e. The average molecular weight is 224 g/mol. The van der Waals surface area contributed by atoms with Crippen molar-refractivity contribution in [3.05, 3.63) is 0 Å². The van der Waals surface area contributed by atoms with Crippen molar-refractivity contribution in [1.29, 1.82) is 0 Å². The molecular weight excluding hydrogens is 196 g/mol. The minimum absolute atomic E-state index is 0.357. The van der Waals surface area contributed by atoms with Crippen molar-refractivity contribution < 1.29 is 0 Å². The van der Waals surface area contributed by atoms with Crippen LogP contribution < -0.4 is 5.73 Å². The lowest BCUT2D eigenvalue weighted by Gasteiger charge is -2.48. The van der Waals surface area contributed by atoms with Gasteiger partial charge in [0.1, 0.15) is 0 Å². The van der Waals surface area contributed by atoms with Crippen LogP contribution in [0.3, 0.4) is 0 Å². The summed E-state index contributed by atoms with van der Waals surface area (Å²) >= 11 is 0. The number of likely N-dealkylation sites (tertiary alicyclic amines) is 1. The van der Waals surface area contributed by atoms with Crippen LogP contribution in [0.15, 0.2) is 0 Å². The summed E-state index contributed by atoms with van der Waals surface area (Å²) in [7, 11) is 0. The van der Waals surface area contributed by atoms with Crippen molar-refractivity contribution in [2.75, 3.05) is 13.1 Å². The van der Waals surface area contributed by atoms with Crippen LogP contribution in [0.1, 0.15) is 64.7 Å². The molecule has 2 rings (SSSR count). The Morgan fingerprint density at radius 2 is 1.75 bits per heavy atom. The molecule has 0 aromatic rings. The second kappa shape index (κ2) is 5.50. The van der Waals surface area contributed by atoms with Gasteiger partial charge in [-0.2, -0.15) is 0 Å². The minimum Gasteiger partial charge on any atom is -0.329 e. The molecule has 1 aliphatic carbocycles. The first kappa shape index (κ1) is 12.4. The Balaban J connectivity index is 2.10. The number of piperidine rings is 1. The number of rotatable bonds is 2. The Kier molecular flexibility index (Phi) is 4.26. The molecule has 1 saturated heterocycles. The Morgan fingerprint density at radius 1 is 1.06 bits per heavy atom. The van der Waals surface area contributed by atoms with Gasteiger partial charge in [-0.25, -0.2) is 0 Å². The molecule has 0 aromatic heterocycles. The summed E-state index contributed by atoms with van der Waals surface area (Å²) in [6.07, 6.45) is 12.5. The van der Waals surface area contributed by atoms with E-state index in [1.807, 2.05) is 0 Å². The zero-order valence-electron chi connectivity index (χ0n) is 10.9. The number of nitrogens with zero attached hydrogens (tertiary/aromatic N) is 1. The molecule has 0 amide bonds. The minimum atomic E-state index is 0.357. The fourth-order valence-corrected chi connectivity index (χ4v) is 3.80. The van der Waals surface area contributed by atoms with Crippen molar-refractivity contribution in [3.8, 4) is 0 Å². The summed E-state index contributed by atoms with van der Waals surface area (Å²) in [6, 6.07) is 0.760. The largest absolute Gasteiger partial charge is 0.329 e. The van der Waals surface area contributed by atoms with Crippen LogP contribution >= 0.6 is 0 Å². The second-order valence-corrected chi connectivity index (χ2v) is 5.88. The first-order valence-electron chi connectivity index (χ1n) is 7.25. The molecule has 0 spiro atoms. The molecule has 2 aliphatic rings. The number of hydrogen-bond acceptors (Lipinski definition) is 2. The molecule has 2 heteroatoms. The summed E-state index contributed by atoms with van der Waals surface area (Å²) in [5.41, 5.74) is 6.52. The van der Waals surface area contributed by atoms with Gasteiger partial charge in [0.2, 0.25) is 0 Å². The van der Waals surface area contributed by atoms with E-state index in [2.05, 4.69) is 11.8 Å². The van der Waals surface area contributed by atoms with Gasteiger partial charge >= 0.3 is 0 Å². The Bertz CT molecular complexity index is 207. The van der Waals surface area contributed by atoms with Crippen molar-refractivity contribution in [1.82, 2.24) is 4.90 Å². The molecule has 1 heterocycles. The highest BCUT2D eigenvalue weighted by Gasteiger charge is 2.38. The highest BCUT2D eigenvalue weighted by atomic mass is 15.2. The Hall–Kier alpha value is -0.0800. The molecule has 1 aliphatic heterocycles. The zero-order chi connectivity index (χ0) is 11.4. The summed E-state index contributed by atoms with van der Waals surface area (Å²) in [6.45, 7) is 4.57. The lowest BCUT2D eigenvalue weighted by molar-refractivity contribution is 0.0185. The van der Waals surface area contributed by atoms with E-state index in [9.17, 15) is 0 Å². The van der Waals surface area contributed by atoms with Crippen LogP contribution in [0.2, 0.25) is 0 Å². The molecule has 0 bridgehead atoms. The van der Waals surface area contributed by atoms with Crippen molar-refractivity contribution >= 4 is 0 Å². The fourth-order valence-electron chi connectivity index (χ4n) is 3.80. The van der Waals surface area contributed by atoms with Gasteiger partial charge in [-0.1, -0.05) is 32.1 Å². The number of hydrogen-bond donors (Lipinski definition) is 1. The van der Waals surface area contributed by atoms with Crippen LogP contribution in [0.5, 0.6) is 0 Å². The summed E-state index contributed by atoms with van der Waals surface area (Å²) < 4.78 is 0. The Labute approximate surface area is 101 Å². The molecule has 16 heavy (non-hydrogen) atoms. The van der Waals surface area contributed by atoms with Crippen molar-refractivity contribution in [3.63, 3.8) is 0 Å². The summed E-state index contributed by atoms with van der Waals surface area (Å²) in [4.78, 5) is 2.77. The van der Waals surface area contributed by atoms with E-state index >= 15 is 0 Å². The topological polar surface area (TPSA) is 29.3 Å². The van der Waals surface area contributed by atoms with E-state index in [0.29, 0.717) is 5.54 Å². The van der Waals surface area contributed by atoms with E-state index in [-0.39, 0.29) is 0 Å². The highest BCUT2D eigenvalue weighted by Crippen LogP contribution is 2.35. The van der Waals surface area contributed by atoms with Gasteiger partial charge in [0.15, 0.2) is 0 Å². The monoisotopic (exact) mass is 224 g/mol. The van der Waals surface area contributed by atoms with Crippen LogP contribution in [0.4, 0.5) is 0 Å². The smallest absolute Gasteiger partial charge is 0.0334 e. The third-order valence-corrected chi connectivity index (χ3v) is 4.83. The molecule has 0 aromatic carbocycles. The van der Waals surface area contributed by atoms with Gasteiger partial charge in [0, 0.05) is 18.1 Å². The molecule has 1 atom stereocenters. The molecule has 2 N–H and O–H groups in total. The van der Waals surface area contributed by atoms with Gasteiger partial charge < -0.3 is 5.73 Å². The second-order valence-electron chi connectivity index (χ2n) is 5.88. The van der Waals surface area contributed by atoms with E-state index in [4.69, 9.17) is 5.73 Å². The number of nitrogens with two attached hydrogens (primary N) is 1. The standard InChI is InChI=1S/C14H28N2/c1-13-8-4-7-11-16(13)14(12-15)9-5-2-3-6-10-14/h13H,2-12,15H2,1H3. The molecule has 1 unspecified atom stereocenters. The van der Waals surface area contributed by atoms with E-state index in [1.54, 1.807) is 0 Å². The van der Waals surface area contributed by atoms with Crippen molar-refractivity contribution in [2.24, 2.45) is 5.73 Å². The molecule has 0 radical (unpaired) electrons. The molecule has 2 nitrogen and oxygen atoms in total. The molecule has 94 valence electrons. The predicted molar refractivity (Wildman–Crippen MR) is 69.5 cm³/mol. The van der Waals surface area contributed by atoms with E-state index in [1.165, 1.54) is 64.3 Å². The van der Waals surface area contributed by atoms with Crippen LogP contribution in [0, 0.1) is 0 Å². The summed E-state index contributed by atoms with van der Waals surface area (Å²) in [5.74, 6) is 0. The summed E-state index contributed by atoms with van der Waals surface area (Å²) in [5, 5.41) is 0. The third-order valence-electron chi connectivity index (χ3n) is 4.83. The third kappa shape index (κ3) is 2.43. The predicted octanol–water partition coefficient (Wildman–Crippen LogP) is 2.91. The van der Waals surface area contributed by atoms with Crippen LogP contribution in [-0.2, 0) is 0 Å². The van der Waals surface area contributed by atoms with Gasteiger partial charge in [0.05, 0.1) is 0 Å². The van der Waals surface area contributed by atoms with E-state index < -0.39 is 0 Å². The normalized spacial score (nSPS) is 32.2. The van der Waals surface area contributed by atoms with Gasteiger partial charge in [-0.05, 0) is 39.2 Å². The van der Waals surface area contributed by atoms with Crippen LogP contribution in [-0.4, -0.2) is 29.6 Å². The maximum atomic E-state index is 6.16. The quantitative estimate of drug-likeness (QED) is 0.731. The molecular formula is C14H28N2. The van der Waals surface area contributed by atoms with E-state index in [0.717, 1.165) is 12.6 Å². The lowest BCUT2D eigenvalue weighted by Crippen LogP contribution is -2.58.